The van der Waals surface area contributed by atoms with Gasteiger partial charge in [-0.1, -0.05) is 0 Å². The van der Waals surface area contributed by atoms with E-state index in [2.05, 4.69) is 10.8 Å². The maximum Gasteiger partial charge on any atom is 0.157 e. The van der Waals surface area contributed by atoms with E-state index in [4.69, 9.17) is 19.4 Å². The number of ether oxygens (including phenoxy) is 2. The van der Waals surface area contributed by atoms with Crippen molar-refractivity contribution in [2.75, 3.05) is 14.2 Å². The molecule has 0 aliphatic rings. The third-order valence-electron chi connectivity index (χ3n) is 3.91. The number of hydrogen-bond donors (Lipinski definition) is 0. The summed E-state index contributed by atoms with van der Waals surface area (Å²) in [6.07, 6.45) is 0. The first-order valence-corrected chi connectivity index (χ1v) is 10.7. The quantitative estimate of drug-likeness (QED) is 0.383. The van der Waals surface area contributed by atoms with Crippen LogP contribution in [0, 0.1) is 0 Å². The topological polar surface area (TPSA) is 44.2 Å². The Labute approximate surface area is 169 Å². The molecule has 2 aromatic heterocycles. The van der Waals surface area contributed by atoms with Gasteiger partial charge in [-0.2, -0.15) is 0 Å². The van der Waals surface area contributed by atoms with Crippen LogP contribution in [-0.2, 0) is 0 Å². The molecule has 2 aromatic carbocycles. The van der Waals surface area contributed by atoms with Gasteiger partial charge in [0.25, 0.3) is 0 Å². The highest BCUT2D eigenvalue weighted by molar-refractivity contribution is 8.02. The molecule has 27 heavy (non-hydrogen) atoms. The number of nitrogens with zero attached hydrogens (tertiary/aromatic N) is 2. The third-order valence-corrected chi connectivity index (χ3v) is 6.79. The summed E-state index contributed by atoms with van der Waals surface area (Å²) in [6, 6.07) is 15.9. The Bertz CT molecular complexity index is 940. The fraction of sp³-hybridized carbons (Fsp3) is 0.100. The molecule has 0 fully saturated rings. The number of methoxy groups -OCH3 is 2. The summed E-state index contributed by atoms with van der Waals surface area (Å²) in [4.78, 5) is 9.45. The van der Waals surface area contributed by atoms with E-state index in [1.165, 1.54) is 0 Å². The SMILES string of the molecule is COc1ccc(-c2csc(Sc3nc(-c4ccc(OC)cc4)cs3)n2)cc1. The molecule has 0 aliphatic carbocycles. The highest BCUT2D eigenvalue weighted by atomic mass is 32.2. The lowest BCUT2D eigenvalue weighted by Crippen LogP contribution is -1.83. The second kappa shape index (κ2) is 8.12. The zero-order valence-corrected chi connectivity index (χ0v) is 17.2. The normalized spacial score (nSPS) is 10.7. The zero-order chi connectivity index (χ0) is 18.6. The minimum atomic E-state index is 0.845. The van der Waals surface area contributed by atoms with E-state index in [9.17, 15) is 0 Å². The average Bonchev–Trinajstić information content (AvgIpc) is 3.38. The molecule has 0 atom stereocenters. The maximum absolute atomic E-state index is 5.21. The van der Waals surface area contributed by atoms with Gasteiger partial charge in [0.05, 0.1) is 25.6 Å². The zero-order valence-electron chi connectivity index (χ0n) is 14.7. The highest BCUT2D eigenvalue weighted by Crippen LogP contribution is 2.36. The summed E-state index contributed by atoms with van der Waals surface area (Å²) >= 11 is 4.86. The Balaban J connectivity index is 1.48. The van der Waals surface area contributed by atoms with Crippen LogP contribution in [0.4, 0.5) is 0 Å². The van der Waals surface area contributed by atoms with Gasteiger partial charge >= 0.3 is 0 Å². The molecule has 0 aliphatic heterocycles. The first-order valence-electron chi connectivity index (χ1n) is 8.13. The van der Waals surface area contributed by atoms with Crippen molar-refractivity contribution in [2.45, 2.75) is 8.68 Å². The van der Waals surface area contributed by atoms with Crippen molar-refractivity contribution in [2.24, 2.45) is 0 Å². The van der Waals surface area contributed by atoms with E-state index in [1.54, 1.807) is 48.7 Å². The van der Waals surface area contributed by atoms with Gasteiger partial charge in [0.2, 0.25) is 0 Å². The Morgan fingerprint density at radius 1 is 0.667 bits per heavy atom. The van der Waals surface area contributed by atoms with Crippen LogP contribution in [0.3, 0.4) is 0 Å². The van der Waals surface area contributed by atoms with Crippen LogP contribution in [0.15, 0.2) is 68.0 Å². The van der Waals surface area contributed by atoms with Crippen LogP contribution < -0.4 is 9.47 Å². The Morgan fingerprint density at radius 3 is 1.44 bits per heavy atom. The minimum absolute atomic E-state index is 0.845. The van der Waals surface area contributed by atoms with Crippen LogP contribution in [0.1, 0.15) is 0 Å². The Morgan fingerprint density at radius 2 is 1.07 bits per heavy atom. The van der Waals surface area contributed by atoms with E-state index in [-0.39, 0.29) is 0 Å². The molecule has 0 bridgehead atoms. The molecule has 0 unspecified atom stereocenters. The first-order chi connectivity index (χ1) is 13.2. The summed E-state index contributed by atoms with van der Waals surface area (Å²) in [5.74, 6) is 1.69. The van der Waals surface area contributed by atoms with E-state index in [0.29, 0.717) is 0 Å². The smallest absolute Gasteiger partial charge is 0.157 e. The fourth-order valence-electron chi connectivity index (χ4n) is 2.47. The molecule has 4 rings (SSSR count). The van der Waals surface area contributed by atoms with Gasteiger partial charge in [-0.3, -0.25) is 0 Å². The van der Waals surface area contributed by atoms with E-state index >= 15 is 0 Å². The molecule has 2 heterocycles. The van der Waals surface area contributed by atoms with Gasteiger partial charge in [0.1, 0.15) is 11.5 Å². The van der Waals surface area contributed by atoms with E-state index in [1.807, 2.05) is 48.5 Å². The van der Waals surface area contributed by atoms with Crippen LogP contribution in [-0.4, -0.2) is 24.2 Å². The number of rotatable bonds is 6. The van der Waals surface area contributed by atoms with Gasteiger partial charge in [0.15, 0.2) is 8.68 Å². The predicted molar refractivity (Wildman–Crippen MR) is 112 cm³/mol. The molecular weight excluding hydrogens is 396 g/mol. The van der Waals surface area contributed by atoms with Crippen LogP contribution in [0.5, 0.6) is 11.5 Å². The summed E-state index contributed by atoms with van der Waals surface area (Å²) < 4.78 is 12.4. The van der Waals surface area contributed by atoms with Crippen LogP contribution >= 0.6 is 34.4 Å². The molecule has 4 nitrogen and oxygen atoms in total. The van der Waals surface area contributed by atoms with Crippen molar-refractivity contribution in [3.8, 4) is 34.0 Å². The van der Waals surface area contributed by atoms with E-state index in [0.717, 1.165) is 42.7 Å². The van der Waals surface area contributed by atoms with Crippen molar-refractivity contribution in [1.82, 2.24) is 9.97 Å². The van der Waals surface area contributed by atoms with Gasteiger partial charge < -0.3 is 9.47 Å². The minimum Gasteiger partial charge on any atom is -0.497 e. The number of hydrogen-bond acceptors (Lipinski definition) is 7. The molecule has 0 spiro atoms. The number of thiazole rings is 2. The third kappa shape index (κ3) is 4.16. The van der Waals surface area contributed by atoms with Crippen molar-refractivity contribution in [3.63, 3.8) is 0 Å². The second-order valence-electron chi connectivity index (χ2n) is 5.56. The summed E-state index contributed by atoms with van der Waals surface area (Å²) in [5, 5.41) is 4.14. The number of aromatic nitrogens is 2. The molecule has 7 heteroatoms. The standard InChI is InChI=1S/C20H16N2O2S3/c1-23-15-7-3-13(4-8-15)17-11-25-19(21-17)27-20-22-18(12-26-20)14-5-9-16(24-2)10-6-14/h3-12H,1-2H3. The molecule has 0 saturated heterocycles. The lowest BCUT2D eigenvalue weighted by molar-refractivity contribution is 0.415. The van der Waals surface area contributed by atoms with Gasteiger partial charge in [-0.15, -0.1) is 22.7 Å². The molecule has 0 radical (unpaired) electrons. The first kappa shape index (κ1) is 18.0. The van der Waals surface area contributed by atoms with Crippen molar-refractivity contribution in [1.29, 1.82) is 0 Å². The maximum atomic E-state index is 5.21. The summed E-state index contributed by atoms with van der Waals surface area (Å²) in [7, 11) is 3.33. The van der Waals surface area contributed by atoms with Crippen molar-refractivity contribution >= 4 is 34.4 Å². The molecule has 0 amide bonds. The lowest BCUT2D eigenvalue weighted by atomic mass is 10.2. The fourth-order valence-corrected chi connectivity index (χ4v) is 5.32. The average molecular weight is 413 g/mol. The van der Waals surface area contributed by atoms with Crippen molar-refractivity contribution < 1.29 is 9.47 Å². The Hall–Kier alpha value is -2.35. The Kier molecular flexibility index (Phi) is 5.42. The van der Waals surface area contributed by atoms with Gasteiger partial charge in [0, 0.05) is 21.9 Å². The molecule has 0 saturated carbocycles. The van der Waals surface area contributed by atoms with Gasteiger partial charge in [-0.25, -0.2) is 9.97 Å². The number of benzene rings is 2. The molecule has 136 valence electrons. The van der Waals surface area contributed by atoms with E-state index < -0.39 is 0 Å². The van der Waals surface area contributed by atoms with Crippen LogP contribution in [0.25, 0.3) is 22.5 Å². The molecule has 4 aromatic rings. The monoisotopic (exact) mass is 412 g/mol. The summed E-state index contributed by atoms with van der Waals surface area (Å²) in [6.45, 7) is 0. The highest BCUT2D eigenvalue weighted by Gasteiger charge is 2.10. The van der Waals surface area contributed by atoms with Gasteiger partial charge in [-0.05, 0) is 60.3 Å². The van der Waals surface area contributed by atoms with Crippen molar-refractivity contribution in [3.05, 3.63) is 59.3 Å². The molecule has 0 N–H and O–H groups in total. The lowest BCUT2D eigenvalue weighted by Gasteiger charge is -2.00. The largest absolute Gasteiger partial charge is 0.497 e. The second-order valence-corrected chi connectivity index (χ2v) is 8.77. The van der Waals surface area contributed by atoms with Crippen LogP contribution in [0.2, 0.25) is 0 Å². The summed E-state index contributed by atoms with van der Waals surface area (Å²) in [5.41, 5.74) is 4.10. The predicted octanol–water partition coefficient (Wildman–Crippen LogP) is 6.10. The molecular formula is C20H16N2O2S3.